The average Bonchev–Trinajstić information content (AvgIpc) is 3.64. The van der Waals surface area contributed by atoms with Gasteiger partial charge >= 0.3 is 0 Å². The lowest BCUT2D eigenvalue weighted by atomic mass is 9.93. The number of hydrogen-bond acceptors (Lipinski definition) is 2. The van der Waals surface area contributed by atoms with E-state index in [0.717, 1.165) is 11.4 Å². The third kappa shape index (κ3) is 5.74. The molecule has 0 radical (unpaired) electrons. The molecular weight excluding hydrogens is 671 g/mol. The minimum atomic E-state index is 1.11. The van der Waals surface area contributed by atoms with Crippen molar-refractivity contribution in [3.05, 3.63) is 212 Å². The minimum Gasteiger partial charge on any atom is -0.308 e. The first-order valence-corrected chi connectivity index (χ1v) is 19.2. The van der Waals surface area contributed by atoms with Crippen molar-refractivity contribution >= 4 is 59.3 Å². The van der Waals surface area contributed by atoms with Crippen LogP contribution in [0.15, 0.2) is 212 Å². The topological polar surface area (TPSA) is 3.24 Å². The number of hydrogen-bond donors (Lipinski definition) is 0. The molecule has 0 aliphatic heterocycles. The smallest absolute Gasteiger partial charge is 0.0640 e. The Labute approximate surface area is 319 Å². The molecule has 1 aromatic heterocycles. The normalized spacial score (nSPS) is 11.3. The van der Waals surface area contributed by atoms with Crippen LogP contribution in [-0.4, -0.2) is 0 Å². The second-order valence-electron chi connectivity index (χ2n) is 13.7. The van der Waals surface area contributed by atoms with Crippen LogP contribution in [0.5, 0.6) is 0 Å². The summed E-state index contributed by atoms with van der Waals surface area (Å²) in [4.78, 5) is 2.48. The van der Waals surface area contributed by atoms with Crippen LogP contribution >= 0.6 is 11.3 Å². The maximum absolute atomic E-state index is 2.48. The summed E-state index contributed by atoms with van der Waals surface area (Å²) in [6.45, 7) is 0. The van der Waals surface area contributed by atoms with Gasteiger partial charge in [-0.05, 0) is 86.1 Å². The second-order valence-corrected chi connectivity index (χ2v) is 14.8. The largest absolute Gasteiger partial charge is 0.308 e. The first kappa shape index (κ1) is 32.0. The van der Waals surface area contributed by atoms with E-state index < -0.39 is 0 Å². The van der Waals surface area contributed by atoms with Crippen molar-refractivity contribution in [3.63, 3.8) is 0 Å². The van der Waals surface area contributed by atoms with Gasteiger partial charge in [0.15, 0.2) is 0 Å². The van der Waals surface area contributed by atoms with E-state index in [0.29, 0.717) is 0 Å². The van der Waals surface area contributed by atoms with Crippen LogP contribution in [0.1, 0.15) is 0 Å². The van der Waals surface area contributed by atoms with Gasteiger partial charge in [-0.1, -0.05) is 176 Å². The molecule has 9 aromatic carbocycles. The lowest BCUT2D eigenvalue weighted by molar-refractivity contribution is 1.30. The summed E-state index contributed by atoms with van der Waals surface area (Å²) in [5, 5.41) is 5.08. The van der Waals surface area contributed by atoms with E-state index >= 15 is 0 Å². The van der Waals surface area contributed by atoms with Crippen molar-refractivity contribution < 1.29 is 0 Å². The van der Waals surface area contributed by atoms with Crippen LogP contribution in [0, 0.1) is 0 Å². The van der Waals surface area contributed by atoms with E-state index in [9.17, 15) is 0 Å². The average molecular weight is 706 g/mol. The molecule has 0 amide bonds. The highest BCUT2D eigenvalue weighted by molar-refractivity contribution is 7.26. The molecule has 0 N–H and O–H groups in total. The van der Waals surface area contributed by atoms with Crippen molar-refractivity contribution in [2.75, 3.05) is 4.90 Å². The van der Waals surface area contributed by atoms with Gasteiger partial charge in [0, 0.05) is 26.7 Å². The number of anilines is 3. The Kier molecular flexibility index (Phi) is 8.09. The summed E-state index contributed by atoms with van der Waals surface area (Å²) in [7, 11) is 0. The second kappa shape index (κ2) is 13.7. The zero-order valence-electron chi connectivity index (χ0n) is 29.6. The summed E-state index contributed by atoms with van der Waals surface area (Å²) in [5.74, 6) is 0. The zero-order chi connectivity index (χ0) is 35.8. The Balaban J connectivity index is 1.17. The first-order valence-electron chi connectivity index (χ1n) is 18.4. The fourth-order valence-electron chi connectivity index (χ4n) is 7.84. The molecule has 0 atom stereocenters. The number of thiophene rings is 1. The SMILES string of the molecule is c1ccc(-c2ccc(N(c3ccccc3-c3ccc(-c4ccc5ccccc5c4)cc3)c3cccc4c3sc3ccccc34)cc2-c2ccccc2)cc1. The fourth-order valence-corrected chi connectivity index (χ4v) is 9.04. The molecule has 1 nitrogen and oxygen atoms in total. The number of para-hydroxylation sites is 1. The Morgan fingerprint density at radius 3 is 1.72 bits per heavy atom. The number of rotatable bonds is 7. The molecule has 2 heteroatoms. The van der Waals surface area contributed by atoms with Gasteiger partial charge in [-0.3, -0.25) is 0 Å². The van der Waals surface area contributed by atoms with Crippen LogP contribution in [0.2, 0.25) is 0 Å². The summed E-state index contributed by atoms with van der Waals surface area (Å²) < 4.78 is 2.57. The molecule has 10 rings (SSSR count). The van der Waals surface area contributed by atoms with Gasteiger partial charge in [-0.2, -0.15) is 0 Å². The van der Waals surface area contributed by atoms with Gasteiger partial charge in [0.05, 0.1) is 16.1 Å². The lowest BCUT2D eigenvalue weighted by Gasteiger charge is -2.29. The molecule has 54 heavy (non-hydrogen) atoms. The molecule has 0 aliphatic rings. The van der Waals surface area contributed by atoms with Crippen LogP contribution in [0.4, 0.5) is 17.1 Å². The molecule has 0 unspecified atom stereocenters. The van der Waals surface area contributed by atoms with Crippen LogP contribution in [0.25, 0.3) is 75.5 Å². The molecule has 0 saturated heterocycles. The van der Waals surface area contributed by atoms with E-state index in [1.807, 2.05) is 11.3 Å². The monoisotopic (exact) mass is 705 g/mol. The molecule has 0 bridgehead atoms. The van der Waals surface area contributed by atoms with Gasteiger partial charge in [-0.25, -0.2) is 0 Å². The molecule has 0 aliphatic carbocycles. The van der Waals surface area contributed by atoms with E-state index in [4.69, 9.17) is 0 Å². The van der Waals surface area contributed by atoms with Gasteiger partial charge in [0.25, 0.3) is 0 Å². The van der Waals surface area contributed by atoms with Gasteiger partial charge in [0.1, 0.15) is 0 Å². The van der Waals surface area contributed by atoms with Crippen LogP contribution < -0.4 is 4.90 Å². The predicted molar refractivity (Wildman–Crippen MR) is 233 cm³/mol. The summed E-state index contributed by atoms with van der Waals surface area (Å²) in [5.41, 5.74) is 13.0. The quantitative estimate of drug-likeness (QED) is 0.160. The van der Waals surface area contributed by atoms with Gasteiger partial charge in [0.2, 0.25) is 0 Å². The molecule has 0 fully saturated rings. The number of nitrogens with zero attached hydrogens (tertiary/aromatic N) is 1. The predicted octanol–water partition coefficient (Wildman–Crippen LogP) is 15.3. The molecular formula is C52H35NS. The highest BCUT2D eigenvalue weighted by atomic mass is 32.1. The van der Waals surface area contributed by atoms with Crippen molar-refractivity contribution in [2.45, 2.75) is 0 Å². The van der Waals surface area contributed by atoms with E-state index in [-0.39, 0.29) is 0 Å². The highest BCUT2D eigenvalue weighted by Gasteiger charge is 2.22. The third-order valence-electron chi connectivity index (χ3n) is 10.5. The van der Waals surface area contributed by atoms with E-state index in [1.165, 1.54) is 81.1 Å². The Hall–Kier alpha value is -6.74. The molecule has 254 valence electrons. The summed E-state index contributed by atoms with van der Waals surface area (Å²) in [6.07, 6.45) is 0. The van der Waals surface area contributed by atoms with Crippen molar-refractivity contribution in [1.82, 2.24) is 0 Å². The number of fused-ring (bicyclic) bond motifs is 4. The van der Waals surface area contributed by atoms with E-state index in [1.54, 1.807) is 0 Å². The van der Waals surface area contributed by atoms with E-state index in [2.05, 4.69) is 217 Å². The lowest BCUT2D eigenvalue weighted by Crippen LogP contribution is -2.11. The summed E-state index contributed by atoms with van der Waals surface area (Å²) in [6, 6.07) is 77.2. The fraction of sp³-hybridized carbons (Fsp3) is 0. The Morgan fingerprint density at radius 1 is 0.315 bits per heavy atom. The summed E-state index contributed by atoms with van der Waals surface area (Å²) >= 11 is 1.87. The standard InChI is InChI=1S/C52H35NS/c1-3-15-38(16-4-1)44-33-32-43(35-48(44)39-17-5-2-6-18-39)53(50-24-13-22-47-46-21-10-12-25-51(46)54-52(47)50)49-23-11-9-20-45(49)40-29-26-37(27-30-40)42-31-28-36-14-7-8-19-41(36)34-42/h1-35H. The van der Waals surface area contributed by atoms with Gasteiger partial charge in [-0.15, -0.1) is 11.3 Å². The Morgan fingerprint density at radius 2 is 0.907 bits per heavy atom. The van der Waals surface area contributed by atoms with Gasteiger partial charge < -0.3 is 4.90 Å². The molecule has 10 aromatic rings. The van der Waals surface area contributed by atoms with Crippen molar-refractivity contribution in [3.8, 4) is 44.5 Å². The number of benzene rings is 9. The maximum Gasteiger partial charge on any atom is 0.0640 e. The first-order chi connectivity index (χ1) is 26.8. The maximum atomic E-state index is 2.48. The van der Waals surface area contributed by atoms with Crippen molar-refractivity contribution in [2.24, 2.45) is 0 Å². The minimum absolute atomic E-state index is 1.11. The van der Waals surface area contributed by atoms with Crippen LogP contribution in [-0.2, 0) is 0 Å². The van der Waals surface area contributed by atoms with Crippen LogP contribution in [0.3, 0.4) is 0 Å². The molecule has 0 saturated carbocycles. The Bertz CT molecular complexity index is 2920. The highest BCUT2D eigenvalue weighted by Crippen LogP contribution is 2.48. The third-order valence-corrected chi connectivity index (χ3v) is 11.7. The molecule has 1 heterocycles. The zero-order valence-corrected chi connectivity index (χ0v) is 30.4. The molecule has 0 spiro atoms. The van der Waals surface area contributed by atoms with Crippen molar-refractivity contribution in [1.29, 1.82) is 0 Å².